The van der Waals surface area contributed by atoms with Gasteiger partial charge in [-0.05, 0) is 37.5 Å². The highest BCUT2D eigenvalue weighted by atomic mass is 35.5. The molecule has 3 N–H and O–H groups in total. The predicted octanol–water partition coefficient (Wildman–Crippen LogP) is 3.69. The first-order chi connectivity index (χ1) is 9.48. The van der Waals surface area contributed by atoms with Gasteiger partial charge >= 0.3 is 0 Å². The van der Waals surface area contributed by atoms with Crippen molar-refractivity contribution in [3.63, 3.8) is 0 Å². The molecule has 0 heterocycles. The second kappa shape index (κ2) is 6.33. The molecule has 0 aliphatic heterocycles. The molecule has 1 unspecified atom stereocenters. The van der Waals surface area contributed by atoms with Gasteiger partial charge in [-0.2, -0.15) is 0 Å². The van der Waals surface area contributed by atoms with Gasteiger partial charge in [-0.15, -0.1) is 0 Å². The molecule has 0 radical (unpaired) electrons. The third kappa shape index (κ3) is 3.11. The number of benzene rings is 1. The van der Waals surface area contributed by atoms with Gasteiger partial charge in [0.05, 0.1) is 21.5 Å². The van der Waals surface area contributed by atoms with Crippen LogP contribution in [0, 0.1) is 5.41 Å². The zero-order valence-electron chi connectivity index (χ0n) is 11.6. The molecule has 5 heteroatoms. The fourth-order valence-electron chi connectivity index (χ4n) is 2.79. The van der Waals surface area contributed by atoms with Crippen LogP contribution in [0.2, 0.25) is 10.0 Å². The Morgan fingerprint density at radius 3 is 2.55 bits per heavy atom. The molecular weight excluding hydrogens is 295 g/mol. The number of hydrogen-bond donors (Lipinski definition) is 2. The summed E-state index contributed by atoms with van der Waals surface area (Å²) in [7, 11) is 0. The Morgan fingerprint density at radius 2 is 2.00 bits per heavy atom. The van der Waals surface area contributed by atoms with E-state index in [-0.39, 0.29) is 17.4 Å². The first kappa shape index (κ1) is 15.6. The molecule has 1 aromatic rings. The van der Waals surface area contributed by atoms with E-state index in [4.69, 9.17) is 28.9 Å². The van der Waals surface area contributed by atoms with Crippen molar-refractivity contribution in [1.82, 2.24) is 5.32 Å². The zero-order valence-corrected chi connectivity index (χ0v) is 13.1. The summed E-state index contributed by atoms with van der Waals surface area (Å²) in [5, 5.41) is 4.07. The molecule has 0 bridgehead atoms. The number of halogens is 2. The summed E-state index contributed by atoms with van der Waals surface area (Å²) in [4.78, 5) is 12.5. The van der Waals surface area contributed by atoms with Crippen LogP contribution in [0.5, 0.6) is 0 Å². The zero-order chi connectivity index (χ0) is 14.8. The van der Waals surface area contributed by atoms with E-state index in [0.717, 1.165) is 31.2 Å². The Bertz CT molecular complexity index is 499. The van der Waals surface area contributed by atoms with Gasteiger partial charge in [0.15, 0.2) is 0 Å². The fourth-order valence-corrected chi connectivity index (χ4v) is 3.10. The average molecular weight is 315 g/mol. The number of nitrogens with two attached hydrogens (primary N) is 1. The second-order valence-corrected chi connectivity index (χ2v) is 6.37. The van der Waals surface area contributed by atoms with Gasteiger partial charge in [0.25, 0.3) is 0 Å². The van der Waals surface area contributed by atoms with E-state index in [1.54, 1.807) is 12.1 Å². The minimum atomic E-state index is -0.384. The van der Waals surface area contributed by atoms with Crippen LogP contribution in [0.1, 0.15) is 44.2 Å². The lowest BCUT2D eigenvalue weighted by Crippen LogP contribution is -2.44. The number of carbonyl (C=O) groups excluding carboxylic acids is 1. The van der Waals surface area contributed by atoms with Crippen molar-refractivity contribution in [2.75, 3.05) is 6.54 Å². The molecule has 110 valence electrons. The summed E-state index contributed by atoms with van der Waals surface area (Å²) >= 11 is 11.9. The first-order valence-corrected chi connectivity index (χ1v) is 7.70. The first-order valence-electron chi connectivity index (χ1n) is 6.94. The number of nitrogens with one attached hydrogen (secondary N) is 1. The maximum Gasteiger partial charge on any atom is 0.227 e. The summed E-state index contributed by atoms with van der Waals surface area (Å²) in [5.74, 6) is 0.0519. The summed E-state index contributed by atoms with van der Waals surface area (Å²) in [5.41, 5.74) is 6.39. The molecule has 20 heavy (non-hydrogen) atoms. The molecule has 0 saturated heterocycles. The van der Waals surface area contributed by atoms with E-state index in [2.05, 4.69) is 5.32 Å². The Hall–Kier alpha value is -0.770. The molecule has 1 atom stereocenters. The molecule has 1 saturated carbocycles. The molecule has 3 nitrogen and oxygen atoms in total. The lowest BCUT2D eigenvalue weighted by atomic mass is 9.85. The molecule has 1 amide bonds. The van der Waals surface area contributed by atoms with E-state index in [9.17, 15) is 4.79 Å². The molecular formula is C15H20Cl2N2O. The fraction of sp³-hybridized carbons (Fsp3) is 0.533. The van der Waals surface area contributed by atoms with Crippen molar-refractivity contribution < 1.29 is 4.79 Å². The van der Waals surface area contributed by atoms with Crippen molar-refractivity contribution >= 4 is 29.1 Å². The molecule has 0 spiro atoms. The maximum absolute atomic E-state index is 12.5. The van der Waals surface area contributed by atoms with Crippen LogP contribution in [0.25, 0.3) is 0 Å². The van der Waals surface area contributed by atoms with Crippen LogP contribution in [0.15, 0.2) is 18.2 Å². The van der Waals surface area contributed by atoms with Crippen molar-refractivity contribution in [2.24, 2.45) is 11.1 Å². The van der Waals surface area contributed by atoms with Crippen molar-refractivity contribution in [3.05, 3.63) is 33.8 Å². The molecule has 0 aromatic heterocycles. The van der Waals surface area contributed by atoms with Crippen LogP contribution in [0.3, 0.4) is 0 Å². The highest BCUT2D eigenvalue weighted by molar-refractivity contribution is 6.42. The Labute approximate surface area is 129 Å². The summed E-state index contributed by atoms with van der Waals surface area (Å²) < 4.78 is 0. The highest BCUT2D eigenvalue weighted by Gasteiger charge is 2.40. The number of rotatable bonds is 4. The Kier molecular flexibility index (Phi) is 4.95. The number of carbonyl (C=O) groups is 1. The lowest BCUT2D eigenvalue weighted by molar-refractivity contribution is -0.131. The van der Waals surface area contributed by atoms with Gasteiger partial charge in [0.1, 0.15) is 0 Å². The second-order valence-electron chi connectivity index (χ2n) is 5.56. The van der Waals surface area contributed by atoms with Crippen molar-refractivity contribution in [1.29, 1.82) is 0 Å². The predicted molar refractivity (Wildman–Crippen MR) is 83.0 cm³/mol. The van der Waals surface area contributed by atoms with Crippen LogP contribution >= 0.6 is 23.2 Å². The van der Waals surface area contributed by atoms with Gasteiger partial charge in [-0.1, -0.05) is 42.1 Å². The largest absolute Gasteiger partial charge is 0.349 e. The monoisotopic (exact) mass is 314 g/mol. The smallest absolute Gasteiger partial charge is 0.227 e. The van der Waals surface area contributed by atoms with Gasteiger partial charge in [0.2, 0.25) is 5.91 Å². The lowest BCUT2D eigenvalue weighted by Gasteiger charge is -2.28. The minimum absolute atomic E-state index is 0.0519. The maximum atomic E-state index is 12.5. The van der Waals surface area contributed by atoms with Gasteiger partial charge < -0.3 is 11.1 Å². The Morgan fingerprint density at radius 1 is 1.35 bits per heavy atom. The molecule has 1 fully saturated rings. The Balaban J connectivity index is 2.08. The standard InChI is InChI=1S/C15H20Cl2N2O/c1-10(11-4-5-12(16)13(17)8-11)19-14(20)15(9-18)6-2-3-7-15/h4-5,8,10H,2-3,6-7,9,18H2,1H3,(H,19,20). The van der Waals surface area contributed by atoms with Crippen molar-refractivity contribution in [3.8, 4) is 0 Å². The average Bonchev–Trinajstić information content (AvgIpc) is 2.91. The van der Waals surface area contributed by atoms with E-state index >= 15 is 0 Å². The van der Waals surface area contributed by atoms with Gasteiger partial charge in [0, 0.05) is 6.54 Å². The van der Waals surface area contributed by atoms with E-state index in [1.165, 1.54) is 0 Å². The number of amides is 1. The van der Waals surface area contributed by atoms with Gasteiger partial charge in [-0.25, -0.2) is 0 Å². The van der Waals surface area contributed by atoms with Crippen LogP contribution in [-0.2, 0) is 4.79 Å². The summed E-state index contributed by atoms with van der Waals surface area (Å²) in [6.45, 7) is 2.35. The minimum Gasteiger partial charge on any atom is -0.349 e. The normalized spacial score (nSPS) is 18.8. The third-order valence-corrected chi connectivity index (χ3v) is 4.96. The van der Waals surface area contributed by atoms with E-state index < -0.39 is 0 Å². The van der Waals surface area contributed by atoms with Crippen LogP contribution < -0.4 is 11.1 Å². The summed E-state index contributed by atoms with van der Waals surface area (Å²) in [6.07, 6.45) is 3.91. The van der Waals surface area contributed by atoms with E-state index in [1.807, 2.05) is 13.0 Å². The summed E-state index contributed by atoms with van der Waals surface area (Å²) in [6, 6.07) is 5.30. The van der Waals surface area contributed by atoms with Crippen molar-refractivity contribution in [2.45, 2.75) is 38.6 Å². The highest BCUT2D eigenvalue weighted by Crippen LogP contribution is 2.38. The van der Waals surface area contributed by atoms with Crippen LogP contribution in [-0.4, -0.2) is 12.5 Å². The topological polar surface area (TPSA) is 55.1 Å². The number of hydrogen-bond acceptors (Lipinski definition) is 2. The molecule has 1 aliphatic rings. The molecule has 1 aliphatic carbocycles. The van der Waals surface area contributed by atoms with E-state index in [0.29, 0.717) is 16.6 Å². The molecule has 2 rings (SSSR count). The van der Waals surface area contributed by atoms with Crippen LogP contribution in [0.4, 0.5) is 0 Å². The third-order valence-electron chi connectivity index (χ3n) is 4.22. The van der Waals surface area contributed by atoms with Gasteiger partial charge in [-0.3, -0.25) is 4.79 Å². The quantitative estimate of drug-likeness (QED) is 0.890. The SMILES string of the molecule is CC(NC(=O)C1(CN)CCCC1)c1ccc(Cl)c(Cl)c1. The molecule has 1 aromatic carbocycles.